The third-order valence-corrected chi connectivity index (χ3v) is 3.57. The van der Waals surface area contributed by atoms with Gasteiger partial charge in [-0.2, -0.15) is 11.8 Å². The summed E-state index contributed by atoms with van der Waals surface area (Å²) in [5, 5.41) is 3.62. The van der Waals surface area contributed by atoms with Gasteiger partial charge < -0.3 is 10.2 Å². The molecule has 0 aromatic rings. The van der Waals surface area contributed by atoms with Gasteiger partial charge in [-0.05, 0) is 12.8 Å². The second-order valence-corrected chi connectivity index (χ2v) is 5.40. The molecule has 3 nitrogen and oxygen atoms in total. The number of rotatable bonds is 1. The van der Waals surface area contributed by atoms with E-state index in [1.165, 1.54) is 12.8 Å². The summed E-state index contributed by atoms with van der Waals surface area (Å²) in [6.07, 6.45) is 2.34. The lowest BCUT2D eigenvalue weighted by Gasteiger charge is -2.30. The minimum Gasteiger partial charge on any atom is -0.335 e. The standard InChI is InChI=1S/C9H16N2OS/c1-7-6-11(4-5-13-7)9(12)10-8-2-3-8/h7-8H,2-6H2,1H3,(H,10,12). The molecule has 0 aromatic carbocycles. The van der Waals surface area contributed by atoms with Crippen molar-refractivity contribution >= 4 is 17.8 Å². The van der Waals surface area contributed by atoms with Crippen LogP contribution in [0.3, 0.4) is 0 Å². The molecule has 1 aliphatic heterocycles. The fraction of sp³-hybridized carbons (Fsp3) is 0.889. The number of amides is 2. The van der Waals surface area contributed by atoms with Crippen molar-refractivity contribution < 1.29 is 4.79 Å². The van der Waals surface area contributed by atoms with Gasteiger partial charge >= 0.3 is 6.03 Å². The van der Waals surface area contributed by atoms with Crippen LogP contribution in [-0.2, 0) is 0 Å². The van der Waals surface area contributed by atoms with Gasteiger partial charge in [-0.15, -0.1) is 0 Å². The first-order valence-corrected chi connectivity index (χ1v) is 5.97. The topological polar surface area (TPSA) is 32.3 Å². The van der Waals surface area contributed by atoms with Crippen LogP contribution in [0, 0.1) is 0 Å². The zero-order valence-electron chi connectivity index (χ0n) is 7.95. The van der Waals surface area contributed by atoms with Crippen molar-refractivity contribution in [3.8, 4) is 0 Å². The number of nitrogens with zero attached hydrogens (tertiary/aromatic N) is 1. The van der Waals surface area contributed by atoms with E-state index in [1.54, 1.807) is 0 Å². The molecular formula is C9H16N2OS. The average molecular weight is 200 g/mol. The molecule has 0 radical (unpaired) electrons. The maximum Gasteiger partial charge on any atom is 0.317 e. The highest BCUT2D eigenvalue weighted by Gasteiger charge is 2.27. The Morgan fingerprint density at radius 1 is 1.54 bits per heavy atom. The fourth-order valence-corrected chi connectivity index (χ4v) is 2.51. The molecule has 1 saturated heterocycles. The molecule has 1 N–H and O–H groups in total. The number of urea groups is 1. The summed E-state index contributed by atoms with van der Waals surface area (Å²) in [7, 11) is 0. The first-order chi connectivity index (χ1) is 6.25. The number of nitrogens with one attached hydrogen (secondary N) is 1. The zero-order valence-corrected chi connectivity index (χ0v) is 8.77. The number of carbonyl (C=O) groups is 1. The third-order valence-electron chi connectivity index (χ3n) is 2.43. The number of thioether (sulfide) groups is 1. The van der Waals surface area contributed by atoms with Gasteiger partial charge in [0, 0.05) is 30.1 Å². The molecular weight excluding hydrogens is 184 g/mol. The minimum atomic E-state index is 0.148. The Labute approximate surface area is 83.2 Å². The van der Waals surface area contributed by atoms with Crippen molar-refractivity contribution in [2.24, 2.45) is 0 Å². The van der Waals surface area contributed by atoms with E-state index < -0.39 is 0 Å². The molecule has 1 saturated carbocycles. The van der Waals surface area contributed by atoms with E-state index in [2.05, 4.69) is 12.2 Å². The monoisotopic (exact) mass is 200 g/mol. The van der Waals surface area contributed by atoms with E-state index in [-0.39, 0.29) is 6.03 Å². The van der Waals surface area contributed by atoms with E-state index >= 15 is 0 Å². The van der Waals surface area contributed by atoms with Gasteiger partial charge in [0.1, 0.15) is 0 Å². The Morgan fingerprint density at radius 2 is 2.31 bits per heavy atom. The van der Waals surface area contributed by atoms with Gasteiger partial charge in [0.15, 0.2) is 0 Å². The normalized spacial score (nSPS) is 28.7. The summed E-state index contributed by atoms with van der Waals surface area (Å²) in [5.74, 6) is 1.08. The largest absolute Gasteiger partial charge is 0.335 e. The molecule has 1 heterocycles. The quantitative estimate of drug-likeness (QED) is 0.692. The van der Waals surface area contributed by atoms with Gasteiger partial charge in [0.05, 0.1) is 0 Å². The molecule has 2 fully saturated rings. The van der Waals surface area contributed by atoms with E-state index in [0.29, 0.717) is 11.3 Å². The molecule has 2 amide bonds. The summed E-state index contributed by atoms with van der Waals surface area (Å²) in [4.78, 5) is 13.5. The molecule has 1 aliphatic carbocycles. The zero-order chi connectivity index (χ0) is 9.26. The van der Waals surface area contributed by atoms with Gasteiger partial charge in [-0.1, -0.05) is 6.92 Å². The van der Waals surface area contributed by atoms with Crippen molar-refractivity contribution in [1.82, 2.24) is 10.2 Å². The molecule has 4 heteroatoms. The molecule has 2 aliphatic rings. The Kier molecular flexibility index (Phi) is 2.67. The van der Waals surface area contributed by atoms with Gasteiger partial charge in [-0.3, -0.25) is 0 Å². The fourth-order valence-electron chi connectivity index (χ4n) is 1.50. The summed E-state index contributed by atoms with van der Waals surface area (Å²) in [6.45, 7) is 4.00. The minimum absolute atomic E-state index is 0.148. The summed E-state index contributed by atoms with van der Waals surface area (Å²) in [6, 6.07) is 0.632. The van der Waals surface area contributed by atoms with Crippen LogP contribution in [0.2, 0.25) is 0 Å². The van der Waals surface area contributed by atoms with Crippen LogP contribution in [0.15, 0.2) is 0 Å². The highest BCUT2D eigenvalue weighted by Crippen LogP contribution is 2.21. The molecule has 0 bridgehead atoms. The second kappa shape index (κ2) is 3.78. The van der Waals surface area contributed by atoms with E-state index in [0.717, 1.165) is 18.8 Å². The first kappa shape index (κ1) is 9.19. The Morgan fingerprint density at radius 3 is 2.92 bits per heavy atom. The van der Waals surface area contributed by atoms with Crippen LogP contribution in [0.4, 0.5) is 4.79 Å². The van der Waals surface area contributed by atoms with E-state index in [9.17, 15) is 4.79 Å². The molecule has 0 spiro atoms. The Bertz CT molecular complexity index is 206. The van der Waals surface area contributed by atoms with Crippen molar-refractivity contribution in [1.29, 1.82) is 0 Å². The number of hydrogen-bond acceptors (Lipinski definition) is 2. The van der Waals surface area contributed by atoms with Crippen molar-refractivity contribution in [2.45, 2.75) is 31.1 Å². The lowest BCUT2D eigenvalue weighted by molar-refractivity contribution is 0.199. The van der Waals surface area contributed by atoms with Gasteiger partial charge in [0.2, 0.25) is 0 Å². The van der Waals surface area contributed by atoms with Crippen LogP contribution < -0.4 is 5.32 Å². The lowest BCUT2D eigenvalue weighted by Crippen LogP contribution is -2.47. The number of hydrogen-bond donors (Lipinski definition) is 1. The molecule has 1 unspecified atom stereocenters. The highest BCUT2D eigenvalue weighted by atomic mass is 32.2. The molecule has 13 heavy (non-hydrogen) atoms. The van der Waals surface area contributed by atoms with Crippen LogP contribution in [-0.4, -0.2) is 41.1 Å². The molecule has 2 rings (SSSR count). The second-order valence-electron chi connectivity index (χ2n) is 3.85. The maximum absolute atomic E-state index is 11.6. The van der Waals surface area contributed by atoms with Gasteiger partial charge in [0.25, 0.3) is 0 Å². The highest BCUT2D eigenvalue weighted by molar-refractivity contribution is 7.99. The average Bonchev–Trinajstić information content (AvgIpc) is 2.88. The molecule has 1 atom stereocenters. The van der Waals surface area contributed by atoms with E-state index in [1.807, 2.05) is 16.7 Å². The SMILES string of the molecule is CC1CN(C(=O)NC2CC2)CCS1. The van der Waals surface area contributed by atoms with Crippen LogP contribution in [0.1, 0.15) is 19.8 Å². The number of carbonyl (C=O) groups excluding carboxylic acids is 1. The molecule has 74 valence electrons. The van der Waals surface area contributed by atoms with Crippen molar-refractivity contribution in [3.05, 3.63) is 0 Å². The lowest BCUT2D eigenvalue weighted by atomic mass is 10.4. The summed E-state index contributed by atoms with van der Waals surface area (Å²) in [5.41, 5.74) is 0. The summed E-state index contributed by atoms with van der Waals surface area (Å²) < 4.78 is 0. The Hall–Kier alpha value is -0.380. The first-order valence-electron chi connectivity index (χ1n) is 4.93. The van der Waals surface area contributed by atoms with Crippen LogP contribution >= 0.6 is 11.8 Å². The predicted molar refractivity (Wildman–Crippen MR) is 55.0 cm³/mol. The van der Waals surface area contributed by atoms with Crippen molar-refractivity contribution in [2.75, 3.05) is 18.8 Å². The Balaban J connectivity index is 1.80. The van der Waals surface area contributed by atoms with Crippen molar-refractivity contribution in [3.63, 3.8) is 0 Å². The van der Waals surface area contributed by atoms with Crippen LogP contribution in [0.5, 0.6) is 0 Å². The van der Waals surface area contributed by atoms with Crippen LogP contribution in [0.25, 0.3) is 0 Å². The predicted octanol–water partition coefficient (Wildman–Crippen LogP) is 1.30. The maximum atomic E-state index is 11.6. The van der Waals surface area contributed by atoms with E-state index in [4.69, 9.17) is 0 Å². The third kappa shape index (κ3) is 2.53. The smallest absolute Gasteiger partial charge is 0.317 e. The van der Waals surface area contributed by atoms with Gasteiger partial charge in [-0.25, -0.2) is 4.79 Å². The molecule has 0 aromatic heterocycles. The summed E-state index contributed by atoms with van der Waals surface area (Å²) >= 11 is 1.95.